The highest BCUT2D eigenvalue weighted by Gasteiger charge is 2.30. The van der Waals surface area contributed by atoms with Gasteiger partial charge in [0.1, 0.15) is 0 Å². The zero-order chi connectivity index (χ0) is 21.2. The molecular formula is C20H27N3O6. The number of unbranched alkanes of at least 4 members (excludes halogenated alkanes) is 1. The Labute approximate surface area is 169 Å². The van der Waals surface area contributed by atoms with Crippen LogP contribution in [0.25, 0.3) is 0 Å². The third-order valence-corrected chi connectivity index (χ3v) is 4.43. The van der Waals surface area contributed by atoms with Crippen molar-refractivity contribution in [3.8, 4) is 0 Å². The van der Waals surface area contributed by atoms with Crippen molar-refractivity contribution in [1.82, 2.24) is 10.0 Å². The number of methoxy groups -OCH3 is 1. The fraction of sp³-hybridized carbons (Fsp3) is 0.500. The zero-order valence-electron chi connectivity index (χ0n) is 16.8. The van der Waals surface area contributed by atoms with Crippen molar-refractivity contribution in [1.29, 1.82) is 0 Å². The Bertz CT molecular complexity index is 751. The molecular weight excluding hydrogens is 378 g/mol. The van der Waals surface area contributed by atoms with E-state index in [0.29, 0.717) is 43.6 Å². The molecule has 1 fully saturated rings. The first kappa shape index (κ1) is 22.2. The molecule has 1 saturated heterocycles. The second-order valence-corrected chi connectivity index (χ2v) is 6.51. The third kappa shape index (κ3) is 6.48. The van der Waals surface area contributed by atoms with Gasteiger partial charge in [0.25, 0.3) is 0 Å². The van der Waals surface area contributed by atoms with Crippen LogP contribution in [0, 0.1) is 0 Å². The van der Waals surface area contributed by atoms with E-state index in [2.05, 4.69) is 10.1 Å². The van der Waals surface area contributed by atoms with E-state index in [-0.39, 0.29) is 31.3 Å². The van der Waals surface area contributed by atoms with Gasteiger partial charge >= 0.3 is 18.0 Å². The van der Waals surface area contributed by atoms with E-state index in [1.165, 1.54) is 23.2 Å². The maximum absolute atomic E-state index is 12.6. The lowest BCUT2D eigenvalue weighted by Gasteiger charge is -2.28. The highest BCUT2D eigenvalue weighted by Crippen LogP contribution is 2.17. The van der Waals surface area contributed by atoms with Crippen LogP contribution in [0.5, 0.6) is 0 Å². The number of anilines is 1. The molecule has 0 radical (unpaired) electrons. The fourth-order valence-electron chi connectivity index (χ4n) is 2.99. The zero-order valence-corrected chi connectivity index (χ0v) is 16.8. The van der Waals surface area contributed by atoms with Crippen LogP contribution < -0.4 is 5.32 Å². The van der Waals surface area contributed by atoms with Gasteiger partial charge in [0.15, 0.2) is 0 Å². The van der Waals surface area contributed by atoms with Gasteiger partial charge in [-0.15, -0.1) is 0 Å². The van der Waals surface area contributed by atoms with E-state index < -0.39 is 12.0 Å². The molecule has 1 aromatic rings. The summed E-state index contributed by atoms with van der Waals surface area (Å²) in [4.78, 5) is 48.1. The molecule has 2 rings (SSSR count). The lowest BCUT2D eigenvalue weighted by atomic mass is 10.2. The molecule has 0 spiro atoms. The van der Waals surface area contributed by atoms with E-state index in [9.17, 15) is 19.2 Å². The quantitative estimate of drug-likeness (QED) is 0.526. The molecule has 1 aliphatic rings. The number of hydrazine groups is 1. The lowest BCUT2D eigenvalue weighted by Crippen LogP contribution is -2.46. The molecule has 0 bridgehead atoms. The number of carbonyl (C=O) groups is 4. The first-order chi connectivity index (χ1) is 14.0. The van der Waals surface area contributed by atoms with Crippen LogP contribution in [0.15, 0.2) is 24.3 Å². The van der Waals surface area contributed by atoms with Crippen LogP contribution in [-0.4, -0.2) is 60.7 Å². The Kier molecular flexibility index (Phi) is 8.45. The van der Waals surface area contributed by atoms with Gasteiger partial charge in [0.05, 0.1) is 19.3 Å². The van der Waals surface area contributed by atoms with Crippen molar-refractivity contribution in [2.24, 2.45) is 0 Å². The van der Waals surface area contributed by atoms with Gasteiger partial charge in [-0.05, 0) is 44.4 Å². The summed E-state index contributed by atoms with van der Waals surface area (Å²) in [7, 11) is 1.33. The number of ether oxygens (including phenoxy) is 2. The summed E-state index contributed by atoms with van der Waals surface area (Å²) >= 11 is 0. The van der Waals surface area contributed by atoms with Gasteiger partial charge in [-0.2, -0.15) is 0 Å². The van der Waals surface area contributed by atoms with Gasteiger partial charge in [-0.25, -0.2) is 14.6 Å². The van der Waals surface area contributed by atoms with Crippen LogP contribution >= 0.6 is 0 Å². The van der Waals surface area contributed by atoms with Gasteiger partial charge in [-0.1, -0.05) is 6.07 Å². The molecule has 158 valence electrons. The average Bonchev–Trinajstić information content (AvgIpc) is 3.21. The highest BCUT2D eigenvalue weighted by molar-refractivity contribution is 5.94. The number of nitrogens with zero attached hydrogens (tertiary/aromatic N) is 2. The van der Waals surface area contributed by atoms with E-state index in [1.807, 2.05) is 0 Å². The minimum Gasteiger partial charge on any atom is -0.469 e. The molecule has 0 aliphatic carbocycles. The summed E-state index contributed by atoms with van der Waals surface area (Å²) in [5, 5.41) is 5.53. The van der Waals surface area contributed by atoms with Crippen LogP contribution in [0.3, 0.4) is 0 Å². The molecule has 3 amide bonds. The summed E-state index contributed by atoms with van der Waals surface area (Å²) in [6.45, 7) is 2.88. The number of nitrogens with one attached hydrogen (secondary N) is 1. The fourth-order valence-corrected chi connectivity index (χ4v) is 2.99. The normalized spacial score (nSPS) is 13.2. The number of rotatable bonds is 8. The maximum Gasteiger partial charge on any atom is 0.340 e. The number of esters is 2. The molecule has 1 heterocycles. The summed E-state index contributed by atoms with van der Waals surface area (Å²) in [6.07, 6.45) is 2.30. The van der Waals surface area contributed by atoms with Crippen molar-refractivity contribution < 1.29 is 28.7 Å². The maximum atomic E-state index is 12.6. The van der Waals surface area contributed by atoms with Crippen molar-refractivity contribution in [2.45, 2.75) is 39.0 Å². The summed E-state index contributed by atoms with van der Waals surface area (Å²) in [5.41, 5.74) is 0.780. The molecule has 1 aliphatic heterocycles. The molecule has 1 N–H and O–H groups in total. The molecule has 9 nitrogen and oxygen atoms in total. The second-order valence-electron chi connectivity index (χ2n) is 6.51. The number of hydrogen-bond acceptors (Lipinski definition) is 6. The van der Waals surface area contributed by atoms with Gasteiger partial charge in [0, 0.05) is 31.6 Å². The SMILES string of the molecule is CCOC(=O)c1cccc(NC(=O)N2CCCN2C(=O)CCCCC(=O)OC)c1. The van der Waals surface area contributed by atoms with E-state index in [4.69, 9.17) is 4.74 Å². The number of carbonyl (C=O) groups excluding carboxylic acids is 4. The average molecular weight is 405 g/mol. The van der Waals surface area contributed by atoms with Crippen LogP contribution in [0.2, 0.25) is 0 Å². The van der Waals surface area contributed by atoms with E-state index in [0.717, 1.165) is 0 Å². The predicted octanol–water partition coefficient (Wildman–Crippen LogP) is 2.58. The minimum absolute atomic E-state index is 0.164. The predicted molar refractivity (Wildman–Crippen MR) is 105 cm³/mol. The molecule has 0 atom stereocenters. The molecule has 0 saturated carbocycles. The summed E-state index contributed by atoms with van der Waals surface area (Å²) in [5.74, 6) is -0.930. The van der Waals surface area contributed by atoms with Crippen molar-refractivity contribution in [2.75, 3.05) is 32.1 Å². The molecule has 0 aromatic heterocycles. The van der Waals surface area contributed by atoms with Crippen LogP contribution in [-0.2, 0) is 19.1 Å². The Morgan fingerprint density at radius 3 is 2.52 bits per heavy atom. The number of amides is 3. The Morgan fingerprint density at radius 2 is 1.79 bits per heavy atom. The van der Waals surface area contributed by atoms with Crippen molar-refractivity contribution in [3.05, 3.63) is 29.8 Å². The van der Waals surface area contributed by atoms with Crippen molar-refractivity contribution >= 4 is 29.6 Å². The van der Waals surface area contributed by atoms with E-state index in [1.54, 1.807) is 25.1 Å². The largest absolute Gasteiger partial charge is 0.469 e. The molecule has 0 unspecified atom stereocenters. The second kappa shape index (κ2) is 11.0. The number of hydrogen-bond donors (Lipinski definition) is 1. The first-order valence-electron chi connectivity index (χ1n) is 9.69. The summed E-state index contributed by atoms with van der Waals surface area (Å²) < 4.78 is 9.54. The lowest BCUT2D eigenvalue weighted by molar-refractivity contribution is -0.142. The monoisotopic (exact) mass is 405 g/mol. The standard InChI is InChI=1S/C20H27N3O6/c1-3-29-19(26)15-8-6-9-16(14-15)21-20(27)23-13-7-12-22(23)17(24)10-4-5-11-18(25)28-2/h6,8-9,14H,3-5,7,10-13H2,1-2H3,(H,21,27). The highest BCUT2D eigenvalue weighted by atomic mass is 16.5. The summed E-state index contributed by atoms with van der Waals surface area (Å²) in [6, 6.07) is 6.01. The molecule has 1 aromatic carbocycles. The Morgan fingerprint density at radius 1 is 1.07 bits per heavy atom. The van der Waals surface area contributed by atoms with Crippen molar-refractivity contribution in [3.63, 3.8) is 0 Å². The Hall–Kier alpha value is -3.10. The van der Waals surface area contributed by atoms with Crippen LogP contribution in [0.1, 0.15) is 49.4 Å². The topological polar surface area (TPSA) is 105 Å². The van der Waals surface area contributed by atoms with Gasteiger partial charge in [0.2, 0.25) is 5.91 Å². The van der Waals surface area contributed by atoms with Gasteiger partial charge in [-0.3, -0.25) is 14.6 Å². The minimum atomic E-state index is -0.464. The van der Waals surface area contributed by atoms with Gasteiger partial charge < -0.3 is 14.8 Å². The van der Waals surface area contributed by atoms with E-state index >= 15 is 0 Å². The number of benzene rings is 1. The smallest absolute Gasteiger partial charge is 0.340 e. The molecule has 9 heteroatoms. The third-order valence-electron chi connectivity index (χ3n) is 4.43. The van der Waals surface area contributed by atoms with Crippen LogP contribution in [0.4, 0.5) is 10.5 Å². The molecule has 29 heavy (non-hydrogen) atoms. The Balaban J connectivity index is 1.91. The number of urea groups is 1. The first-order valence-corrected chi connectivity index (χ1v) is 9.69.